The maximum absolute atomic E-state index is 13.1. The summed E-state index contributed by atoms with van der Waals surface area (Å²) in [5, 5.41) is 5.28. The smallest absolute Gasteiger partial charge is 0.253 e. The Morgan fingerprint density at radius 2 is 1.81 bits per heavy atom. The van der Waals surface area contributed by atoms with E-state index in [1.807, 2.05) is 47.4 Å². The summed E-state index contributed by atoms with van der Waals surface area (Å²) in [4.78, 5) is 23.0. The molecule has 1 aliphatic rings. The minimum atomic E-state index is 0.0875. The Hall–Kier alpha value is -3.41. The van der Waals surface area contributed by atoms with Crippen molar-refractivity contribution in [3.8, 4) is 11.4 Å². The molecular formula is C25H26N4O2. The summed E-state index contributed by atoms with van der Waals surface area (Å²) < 4.78 is 5.56. The highest BCUT2D eigenvalue weighted by Crippen LogP contribution is 2.30. The summed E-state index contributed by atoms with van der Waals surface area (Å²) in [5.74, 6) is 1.57. The first-order chi connectivity index (χ1) is 15.0. The molecule has 2 aromatic carbocycles. The van der Waals surface area contributed by atoms with Gasteiger partial charge >= 0.3 is 0 Å². The van der Waals surface area contributed by atoms with Crippen molar-refractivity contribution in [2.75, 3.05) is 13.1 Å². The van der Waals surface area contributed by atoms with Crippen molar-refractivity contribution in [3.05, 3.63) is 70.7 Å². The molecule has 158 valence electrons. The van der Waals surface area contributed by atoms with E-state index >= 15 is 0 Å². The number of nitrogens with zero attached hydrogens (tertiary/aromatic N) is 3. The summed E-state index contributed by atoms with van der Waals surface area (Å²) in [6.07, 6.45) is 1.65. The van der Waals surface area contributed by atoms with Gasteiger partial charge in [0.15, 0.2) is 0 Å². The molecule has 0 unspecified atom stereocenters. The van der Waals surface area contributed by atoms with Crippen LogP contribution in [-0.2, 0) is 0 Å². The number of amides is 1. The monoisotopic (exact) mass is 414 g/mol. The number of aromatic amines is 1. The molecular weight excluding hydrogens is 388 g/mol. The van der Waals surface area contributed by atoms with Crippen LogP contribution in [0.25, 0.3) is 22.3 Å². The minimum absolute atomic E-state index is 0.0875. The largest absolute Gasteiger partial charge is 0.358 e. The van der Waals surface area contributed by atoms with Gasteiger partial charge in [-0.15, -0.1) is 0 Å². The molecule has 3 heterocycles. The van der Waals surface area contributed by atoms with Crippen LogP contribution < -0.4 is 0 Å². The Morgan fingerprint density at radius 1 is 1.06 bits per heavy atom. The van der Waals surface area contributed by atoms with Crippen LogP contribution >= 0.6 is 0 Å². The average Bonchev–Trinajstić information content (AvgIpc) is 3.39. The summed E-state index contributed by atoms with van der Waals surface area (Å²) in [7, 11) is 0. The first-order valence-corrected chi connectivity index (χ1v) is 10.8. The molecule has 1 fully saturated rings. The van der Waals surface area contributed by atoms with Crippen LogP contribution in [0.3, 0.4) is 0 Å². The van der Waals surface area contributed by atoms with Gasteiger partial charge in [0, 0.05) is 46.7 Å². The molecule has 1 aliphatic heterocycles. The van der Waals surface area contributed by atoms with Gasteiger partial charge in [0.25, 0.3) is 5.91 Å². The van der Waals surface area contributed by atoms with E-state index in [9.17, 15) is 4.79 Å². The molecule has 0 spiro atoms. The number of H-pyrrole nitrogens is 1. The number of aryl methyl sites for hydroxylation is 3. The number of carbonyl (C=O) groups is 1. The molecule has 2 aromatic heterocycles. The standard InChI is InChI=1S/C25H26N4O2/c1-15-4-6-18(7-5-15)23-27-24(31-28-23)19-10-12-29(13-11-19)25(30)20-8-9-22-21(14-20)16(2)17(3)26-22/h4-9,14,19,26H,10-13H2,1-3H3. The average molecular weight is 415 g/mol. The number of piperidine rings is 1. The van der Waals surface area contributed by atoms with E-state index < -0.39 is 0 Å². The van der Waals surface area contributed by atoms with E-state index in [1.54, 1.807) is 0 Å². The van der Waals surface area contributed by atoms with Gasteiger partial charge in [-0.3, -0.25) is 4.79 Å². The number of hydrogen-bond donors (Lipinski definition) is 1. The van der Waals surface area contributed by atoms with Gasteiger partial charge in [0.2, 0.25) is 11.7 Å². The number of likely N-dealkylation sites (tertiary alicyclic amines) is 1. The molecule has 5 rings (SSSR count). The molecule has 0 bridgehead atoms. The number of benzene rings is 2. The maximum Gasteiger partial charge on any atom is 0.253 e. The van der Waals surface area contributed by atoms with Crippen molar-refractivity contribution in [1.29, 1.82) is 0 Å². The summed E-state index contributed by atoms with van der Waals surface area (Å²) in [6, 6.07) is 14.0. The molecule has 6 heteroatoms. The van der Waals surface area contributed by atoms with Crippen LogP contribution in [0.1, 0.15) is 51.8 Å². The predicted molar refractivity (Wildman–Crippen MR) is 120 cm³/mol. The highest BCUT2D eigenvalue weighted by atomic mass is 16.5. The normalized spacial score (nSPS) is 15.0. The van der Waals surface area contributed by atoms with Crippen LogP contribution in [0, 0.1) is 20.8 Å². The first-order valence-electron chi connectivity index (χ1n) is 10.8. The fraction of sp³-hybridized carbons (Fsp3) is 0.320. The van der Waals surface area contributed by atoms with E-state index in [2.05, 4.69) is 35.9 Å². The van der Waals surface area contributed by atoms with Gasteiger partial charge in [-0.25, -0.2) is 0 Å². The Kier molecular flexibility index (Phi) is 4.85. The maximum atomic E-state index is 13.1. The molecule has 1 amide bonds. The molecule has 31 heavy (non-hydrogen) atoms. The van der Waals surface area contributed by atoms with Crippen molar-refractivity contribution in [2.45, 2.75) is 39.5 Å². The highest BCUT2D eigenvalue weighted by molar-refractivity contribution is 5.99. The quantitative estimate of drug-likeness (QED) is 0.502. The van der Waals surface area contributed by atoms with Crippen LogP contribution in [0.15, 0.2) is 47.0 Å². The van der Waals surface area contributed by atoms with Crippen molar-refractivity contribution in [2.24, 2.45) is 0 Å². The van der Waals surface area contributed by atoms with E-state index in [-0.39, 0.29) is 11.8 Å². The summed E-state index contributed by atoms with van der Waals surface area (Å²) in [5.41, 5.74) is 6.32. The van der Waals surface area contributed by atoms with Gasteiger partial charge in [0.1, 0.15) is 0 Å². The lowest BCUT2D eigenvalue weighted by molar-refractivity contribution is 0.0704. The zero-order valence-electron chi connectivity index (χ0n) is 18.1. The molecule has 0 saturated carbocycles. The van der Waals surface area contributed by atoms with Crippen LogP contribution in [0.2, 0.25) is 0 Å². The lowest BCUT2D eigenvalue weighted by Crippen LogP contribution is -2.38. The number of hydrogen-bond acceptors (Lipinski definition) is 4. The van der Waals surface area contributed by atoms with Gasteiger partial charge in [-0.2, -0.15) is 4.98 Å². The number of carbonyl (C=O) groups excluding carboxylic acids is 1. The van der Waals surface area contributed by atoms with Crippen molar-refractivity contribution < 1.29 is 9.32 Å². The van der Waals surface area contributed by atoms with E-state index in [4.69, 9.17) is 4.52 Å². The second-order valence-electron chi connectivity index (χ2n) is 8.52. The fourth-order valence-corrected chi connectivity index (χ4v) is 4.33. The first kappa shape index (κ1) is 19.5. The van der Waals surface area contributed by atoms with Crippen LogP contribution in [-0.4, -0.2) is 39.0 Å². The molecule has 4 aromatic rings. The van der Waals surface area contributed by atoms with Crippen molar-refractivity contribution >= 4 is 16.8 Å². The lowest BCUT2D eigenvalue weighted by atomic mass is 9.96. The zero-order chi connectivity index (χ0) is 21.5. The Balaban J connectivity index is 1.27. The van der Waals surface area contributed by atoms with Crippen LogP contribution in [0.4, 0.5) is 0 Å². The second-order valence-corrected chi connectivity index (χ2v) is 8.52. The SMILES string of the molecule is Cc1ccc(-c2noc(C3CCN(C(=O)c4ccc5[nH]c(C)c(C)c5c4)CC3)n2)cc1. The number of fused-ring (bicyclic) bond motifs is 1. The third-order valence-corrected chi connectivity index (χ3v) is 6.44. The van der Waals surface area contributed by atoms with Crippen LogP contribution in [0.5, 0.6) is 0 Å². The summed E-state index contributed by atoms with van der Waals surface area (Å²) in [6.45, 7) is 7.58. The number of nitrogens with one attached hydrogen (secondary N) is 1. The molecule has 1 saturated heterocycles. The number of rotatable bonds is 3. The van der Waals surface area contributed by atoms with E-state index in [0.29, 0.717) is 24.8 Å². The van der Waals surface area contributed by atoms with Gasteiger partial charge in [-0.1, -0.05) is 35.0 Å². The Bertz CT molecular complexity index is 1240. The highest BCUT2D eigenvalue weighted by Gasteiger charge is 2.28. The minimum Gasteiger partial charge on any atom is -0.358 e. The van der Waals surface area contributed by atoms with Gasteiger partial charge < -0.3 is 14.4 Å². The van der Waals surface area contributed by atoms with Crippen molar-refractivity contribution in [3.63, 3.8) is 0 Å². The fourth-order valence-electron chi connectivity index (χ4n) is 4.33. The van der Waals surface area contributed by atoms with Gasteiger partial charge in [0.05, 0.1) is 0 Å². The van der Waals surface area contributed by atoms with E-state index in [1.165, 1.54) is 11.1 Å². The molecule has 6 nitrogen and oxygen atoms in total. The number of aromatic nitrogens is 3. The zero-order valence-corrected chi connectivity index (χ0v) is 18.1. The molecule has 0 radical (unpaired) electrons. The topological polar surface area (TPSA) is 75.0 Å². The Labute approximate surface area is 181 Å². The molecule has 1 N–H and O–H groups in total. The lowest BCUT2D eigenvalue weighted by Gasteiger charge is -2.30. The summed E-state index contributed by atoms with van der Waals surface area (Å²) >= 11 is 0. The molecule has 0 aliphatic carbocycles. The van der Waals surface area contributed by atoms with E-state index in [0.717, 1.165) is 40.6 Å². The molecule has 0 atom stereocenters. The Morgan fingerprint density at radius 3 is 2.55 bits per heavy atom. The third kappa shape index (κ3) is 3.63. The second kappa shape index (κ2) is 7.69. The van der Waals surface area contributed by atoms with Gasteiger partial charge in [-0.05, 0) is 57.4 Å². The predicted octanol–water partition coefficient (Wildman–Crippen LogP) is 5.16. The third-order valence-electron chi connectivity index (χ3n) is 6.44. The van der Waals surface area contributed by atoms with Crippen molar-refractivity contribution in [1.82, 2.24) is 20.0 Å².